The fraction of sp³-hybridized carbons (Fsp3) is 0.208. The summed E-state index contributed by atoms with van der Waals surface area (Å²) in [5.41, 5.74) is 3.38. The Hall–Kier alpha value is -3.21. The van der Waals surface area contributed by atoms with Crippen molar-refractivity contribution < 1.29 is 18.3 Å². The fourth-order valence-electron chi connectivity index (χ4n) is 3.66. The molecule has 148 valence electrons. The Morgan fingerprint density at radius 2 is 1.76 bits per heavy atom. The van der Waals surface area contributed by atoms with Crippen molar-refractivity contribution in [3.8, 4) is 5.75 Å². The van der Waals surface area contributed by atoms with Gasteiger partial charge in [0, 0.05) is 6.42 Å². The van der Waals surface area contributed by atoms with Gasteiger partial charge in [0.1, 0.15) is 17.4 Å². The highest BCUT2D eigenvalue weighted by molar-refractivity contribution is 5.79. The van der Waals surface area contributed by atoms with Crippen LogP contribution in [0.25, 0.3) is 0 Å². The number of hydrogen-bond acceptors (Lipinski definition) is 2. The van der Waals surface area contributed by atoms with Crippen LogP contribution in [0.15, 0.2) is 66.7 Å². The Bertz CT molecular complexity index is 1030. The van der Waals surface area contributed by atoms with E-state index in [-0.39, 0.29) is 24.0 Å². The van der Waals surface area contributed by atoms with E-state index in [1.165, 1.54) is 24.3 Å². The van der Waals surface area contributed by atoms with Crippen LogP contribution in [0.4, 0.5) is 8.78 Å². The highest BCUT2D eigenvalue weighted by Gasteiger charge is 2.18. The van der Waals surface area contributed by atoms with Crippen molar-refractivity contribution in [3.63, 3.8) is 0 Å². The fourth-order valence-corrected chi connectivity index (χ4v) is 3.66. The van der Waals surface area contributed by atoms with E-state index in [1.807, 2.05) is 18.2 Å². The van der Waals surface area contributed by atoms with Gasteiger partial charge < -0.3 is 10.1 Å². The van der Waals surface area contributed by atoms with E-state index < -0.39 is 6.04 Å². The van der Waals surface area contributed by atoms with Crippen molar-refractivity contribution in [2.24, 2.45) is 0 Å². The zero-order chi connectivity index (χ0) is 20.2. The molecule has 0 radical (unpaired) electrons. The first-order valence-corrected chi connectivity index (χ1v) is 9.61. The number of ether oxygens (including phenoxy) is 1. The third kappa shape index (κ3) is 4.80. The molecule has 1 amide bonds. The monoisotopic (exact) mass is 393 g/mol. The molecule has 1 aliphatic rings. The summed E-state index contributed by atoms with van der Waals surface area (Å²) in [6.07, 6.45) is 1.42. The van der Waals surface area contributed by atoms with Crippen LogP contribution in [-0.4, -0.2) is 12.5 Å². The Kier molecular flexibility index (Phi) is 5.56. The number of hydrogen-bond donors (Lipinski definition) is 1. The normalized spacial score (nSPS) is 13.4. The van der Waals surface area contributed by atoms with Crippen LogP contribution < -0.4 is 10.1 Å². The predicted octanol–water partition coefficient (Wildman–Crippen LogP) is 4.54. The van der Waals surface area contributed by atoms with Crippen molar-refractivity contribution in [1.82, 2.24) is 5.32 Å². The predicted molar refractivity (Wildman–Crippen MR) is 107 cm³/mol. The van der Waals surface area contributed by atoms with Crippen molar-refractivity contribution >= 4 is 5.91 Å². The summed E-state index contributed by atoms with van der Waals surface area (Å²) >= 11 is 0. The van der Waals surface area contributed by atoms with Crippen LogP contribution in [0, 0.1) is 11.6 Å². The molecule has 3 nitrogen and oxygen atoms in total. The molecule has 4 rings (SSSR count). The molecule has 1 atom stereocenters. The lowest BCUT2D eigenvalue weighted by Crippen LogP contribution is -2.31. The van der Waals surface area contributed by atoms with Crippen LogP contribution in [0.2, 0.25) is 0 Å². The SMILES string of the molecule is O=C(Cc1ccc2c(c1)CCO2)NC(Cc1cccc(F)c1)c1cccc(F)c1. The number of amides is 1. The van der Waals surface area contributed by atoms with E-state index in [0.29, 0.717) is 18.6 Å². The molecule has 29 heavy (non-hydrogen) atoms. The molecule has 3 aromatic rings. The lowest BCUT2D eigenvalue weighted by Gasteiger charge is -2.20. The third-order valence-electron chi connectivity index (χ3n) is 5.03. The molecule has 0 saturated heterocycles. The second-order valence-electron chi connectivity index (χ2n) is 7.23. The number of nitrogens with one attached hydrogen (secondary N) is 1. The molecule has 1 unspecified atom stereocenters. The molecular formula is C24H21F2NO2. The van der Waals surface area contributed by atoms with Gasteiger partial charge in [-0.15, -0.1) is 0 Å². The van der Waals surface area contributed by atoms with Gasteiger partial charge in [-0.05, 0) is 59.0 Å². The second kappa shape index (κ2) is 8.43. The summed E-state index contributed by atoms with van der Waals surface area (Å²) in [6.45, 7) is 0.667. The Labute approximate surface area is 168 Å². The van der Waals surface area contributed by atoms with Gasteiger partial charge in [0.2, 0.25) is 5.91 Å². The highest BCUT2D eigenvalue weighted by Crippen LogP contribution is 2.26. The zero-order valence-corrected chi connectivity index (χ0v) is 15.8. The number of carbonyl (C=O) groups excluding carboxylic acids is 1. The molecule has 0 saturated carbocycles. The minimum absolute atomic E-state index is 0.172. The maximum Gasteiger partial charge on any atom is 0.224 e. The largest absolute Gasteiger partial charge is 0.493 e. The van der Waals surface area contributed by atoms with Crippen molar-refractivity contribution in [3.05, 3.63) is 101 Å². The van der Waals surface area contributed by atoms with Gasteiger partial charge in [0.05, 0.1) is 19.1 Å². The quantitative estimate of drug-likeness (QED) is 0.668. The number of rotatable bonds is 6. The smallest absolute Gasteiger partial charge is 0.224 e. The average molecular weight is 393 g/mol. The number of benzene rings is 3. The lowest BCUT2D eigenvalue weighted by molar-refractivity contribution is -0.121. The molecule has 1 N–H and O–H groups in total. The van der Waals surface area contributed by atoms with Crippen LogP contribution in [-0.2, 0) is 24.1 Å². The summed E-state index contributed by atoms with van der Waals surface area (Å²) in [6, 6.07) is 17.7. The third-order valence-corrected chi connectivity index (χ3v) is 5.03. The van der Waals surface area contributed by atoms with Crippen LogP contribution in [0.1, 0.15) is 28.3 Å². The molecule has 0 spiro atoms. The van der Waals surface area contributed by atoms with E-state index in [9.17, 15) is 13.6 Å². The van der Waals surface area contributed by atoms with E-state index in [0.717, 1.165) is 28.9 Å². The van der Waals surface area contributed by atoms with Crippen LogP contribution in [0.3, 0.4) is 0 Å². The molecule has 5 heteroatoms. The first-order chi connectivity index (χ1) is 14.1. The average Bonchev–Trinajstić information content (AvgIpc) is 3.15. The molecule has 3 aromatic carbocycles. The molecule has 0 bridgehead atoms. The summed E-state index contributed by atoms with van der Waals surface area (Å²) in [5, 5.41) is 2.99. The first-order valence-electron chi connectivity index (χ1n) is 9.61. The second-order valence-corrected chi connectivity index (χ2v) is 7.23. The molecule has 0 aromatic heterocycles. The Balaban J connectivity index is 1.52. The summed E-state index contributed by atoms with van der Waals surface area (Å²) < 4.78 is 32.8. The van der Waals surface area contributed by atoms with Gasteiger partial charge in [-0.3, -0.25) is 4.79 Å². The van der Waals surface area contributed by atoms with E-state index >= 15 is 0 Å². The van der Waals surface area contributed by atoms with Gasteiger partial charge in [-0.25, -0.2) is 8.78 Å². The maximum atomic E-state index is 13.8. The lowest BCUT2D eigenvalue weighted by atomic mass is 9.98. The van der Waals surface area contributed by atoms with Crippen molar-refractivity contribution in [1.29, 1.82) is 0 Å². The Morgan fingerprint density at radius 1 is 0.966 bits per heavy atom. The molecule has 1 aliphatic heterocycles. The first kappa shape index (κ1) is 19.1. The number of halogens is 2. The summed E-state index contributed by atoms with van der Waals surface area (Å²) in [7, 11) is 0. The van der Waals surface area contributed by atoms with E-state index in [4.69, 9.17) is 4.74 Å². The molecular weight excluding hydrogens is 372 g/mol. The number of fused-ring (bicyclic) bond motifs is 1. The maximum absolute atomic E-state index is 13.8. The van der Waals surface area contributed by atoms with Gasteiger partial charge in [-0.2, -0.15) is 0 Å². The molecule has 1 heterocycles. The van der Waals surface area contributed by atoms with Gasteiger partial charge >= 0.3 is 0 Å². The molecule has 0 fully saturated rings. The van der Waals surface area contributed by atoms with Crippen molar-refractivity contribution in [2.45, 2.75) is 25.3 Å². The van der Waals surface area contributed by atoms with Crippen molar-refractivity contribution in [2.75, 3.05) is 6.61 Å². The van der Waals surface area contributed by atoms with Gasteiger partial charge in [0.25, 0.3) is 0 Å². The van der Waals surface area contributed by atoms with Crippen LogP contribution in [0.5, 0.6) is 5.75 Å². The summed E-state index contributed by atoms with van der Waals surface area (Å²) in [5.74, 6) is -0.0146. The number of carbonyl (C=O) groups is 1. The minimum atomic E-state index is -0.460. The van der Waals surface area contributed by atoms with Gasteiger partial charge in [-0.1, -0.05) is 36.4 Å². The highest BCUT2D eigenvalue weighted by atomic mass is 19.1. The zero-order valence-electron chi connectivity index (χ0n) is 15.8. The standard InChI is InChI=1S/C24H21F2NO2/c25-20-5-1-3-16(12-20)13-22(18-4-2-6-21(26)15-18)27-24(28)14-17-7-8-23-19(11-17)9-10-29-23/h1-8,11-12,15,22H,9-10,13-14H2,(H,27,28). The Morgan fingerprint density at radius 3 is 2.55 bits per heavy atom. The minimum Gasteiger partial charge on any atom is -0.493 e. The van der Waals surface area contributed by atoms with Crippen LogP contribution >= 0.6 is 0 Å². The summed E-state index contributed by atoms with van der Waals surface area (Å²) in [4.78, 5) is 12.7. The topological polar surface area (TPSA) is 38.3 Å². The molecule has 0 aliphatic carbocycles. The van der Waals surface area contributed by atoms with E-state index in [2.05, 4.69) is 5.32 Å². The van der Waals surface area contributed by atoms with E-state index in [1.54, 1.807) is 24.3 Å². The van der Waals surface area contributed by atoms with Gasteiger partial charge in [0.15, 0.2) is 0 Å².